The van der Waals surface area contributed by atoms with E-state index >= 15 is 0 Å². The van der Waals surface area contributed by atoms with Gasteiger partial charge in [-0.3, -0.25) is 4.90 Å². The van der Waals surface area contributed by atoms with Gasteiger partial charge in [0.2, 0.25) is 0 Å². The monoisotopic (exact) mass is 316 g/mol. The molecule has 5 heteroatoms. The van der Waals surface area contributed by atoms with Gasteiger partial charge >= 0.3 is 0 Å². The number of piperidine rings is 1. The van der Waals surface area contributed by atoms with E-state index in [2.05, 4.69) is 24.8 Å². The van der Waals surface area contributed by atoms with Gasteiger partial charge in [-0.2, -0.15) is 0 Å². The van der Waals surface area contributed by atoms with Gasteiger partial charge in [-0.25, -0.2) is 0 Å². The van der Waals surface area contributed by atoms with E-state index in [1.807, 2.05) is 6.07 Å². The zero-order chi connectivity index (χ0) is 14.7. The average Bonchev–Trinajstić information content (AvgIpc) is 2.86. The Balaban J connectivity index is 2.19. The topological polar surface area (TPSA) is 38.5 Å². The molecule has 1 saturated heterocycles. The van der Waals surface area contributed by atoms with Gasteiger partial charge in [-0.15, -0.1) is 11.3 Å². The van der Waals surface area contributed by atoms with E-state index in [0.29, 0.717) is 12.0 Å². The summed E-state index contributed by atoms with van der Waals surface area (Å²) >= 11 is 7.75. The Morgan fingerprint density at radius 2 is 2.30 bits per heavy atom. The lowest BCUT2D eigenvalue weighted by atomic mass is 9.92. The van der Waals surface area contributed by atoms with Gasteiger partial charge in [0.1, 0.15) is 0 Å². The molecule has 2 heterocycles. The van der Waals surface area contributed by atoms with Crippen molar-refractivity contribution < 1.29 is 4.74 Å². The van der Waals surface area contributed by atoms with Gasteiger partial charge in [0.15, 0.2) is 0 Å². The predicted molar refractivity (Wildman–Crippen MR) is 86.5 cm³/mol. The second-order valence-electron chi connectivity index (χ2n) is 5.69. The fourth-order valence-electron chi connectivity index (χ4n) is 2.99. The molecule has 20 heavy (non-hydrogen) atoms. The van der Waals surface area contributed by atoms with Crippen LogP contribution < -0.4 is 5.73 Å². The zero-order valence-electron chi connectivity index (χ0n) is 12.5. The highest BCUT2D eigenvalue weighted by Crippen LogP contribution is 2.35. The molecule has 2 rings (SSSR count). The van der Waals surface area contributed by atoms with Crippen molar-refractivity contribution >= 4 is 22.9 Å². The Hall–Kier alpha value is -0.130. The van der Waals surface area contributed by atoms with Crippen molar-refractivity contribution in [2.45, 2.75) is 44.9 Å². The largest absolute Gasteiger partial charge is 0.380 e. The maximum Gasteiger partial charge on any atom is 0.0931 e. The summed E-state index contributed by atoms with van der Waals surface area (Å²) in [5, 5.41) is 0. The number of rotatable bonds is 5. The average molecular weight is 317 g/mol. The molecule has 0 amide bonds. The highest BCUT2D eigenvalue weighted by atomic mass is 35.5. The van der Waals surface area contributed by atoms with E-state index in [1.165, 1.54) is 4.88 Å². The molecular formula is C15H25ClN2OS. The lowest BCUT2D eigenvalue weighted by molar-refractivity contribution is -0.0228. The fraction of sp³-hybridized carbons (Fsp3) is 0.733. The molecule has 1 fully saturated rings. The molecular weight excluding hydrogens is 292 g/mol. The molecule has 1 aromatic heterocycles. The zero-order valence-corrected chi connectivity index (χ0v) is 14.1. The van der Waals surface area contributed by atoms with Crippen LogP contribution in [0.15, 0.2) is 12.1 Å². The highest BCUT2D eigenvalue weighted by Gasteiger charge is 2.33. The summed E-state index contributed by atoms with van der Waals surface area (Å²) in [5.41, 5.74) is 6.39. The summed E-state index contributed by atoms with van der Waals surface area (Å²) in [6, 6.07) is 4.47. The lowest BCUT2D eigenvalue weighted by Crippen LogP contribution is -2.49. The molecule has 1 aliphatic rings. The van der Waals surface area contributed by atoms with Gasteiger partial charge in [-0.05, 0) is 37.4 Å². The quantitative estimate of drug-likeness (QED) is 0.903. The Morgan fingerprint density at radius 3 is 2.85 bits per heavy atom. The molecule has 114 valence electrons. The van der Waals surface area contributed by atoms with Crippen LogP contribution in [0.4, 0.5) is 0 Å². The van der Waals surface area contributed by atoms with Crippen molar-refractivity contribution in [3.8, 4) is 0 Å². The summed E-state index contributed by atoms with van der Waals surface area (Å²) in [6.45, 7) is 6.44. The first-order valence-corrected chi connectivity index (χ1v) is 8.53. The molecule has 3 nitrogen and oxygen atoms in total. The molecule has 4 atom stereocenters. The minimum atomic E-state index is 0.135. The number of hydrogen-bond donors (Lipinski definition) is 1. The van der Waals surface area contributed by atoms with Crippen LogP contribution in [-0.2, 0) is 4.74 Å². The number of ether oxygens (including phenoxy) is 1. The first-order valence-electron chi connectivity index (χ1n) is 7.34. The molecule has 4 unspecified atom stereocenters. The van der Waals surface area contributed by atoms with Crippen LogP contribution >= 0.6 is 22.9 Å². The van der Waals surface area contributed by atoms with Crippen LogP contribution in [0, 0.1) is 5.92 Å². The van der Waals surface area contributed by atoms with E-state index < -0.39 is 0 Å². The smallest absolute Gasteiger partial charge is 0.0931 e. The summed E-state index contributed by atoms with van der Waals surface area (Å²) in [4.78, 5) is 3.75. The number of likely N-dealkylation sites (tertiary alicyclic amines) is 1. The lowest BCUT2D eigenvalue weighted by Gasteiger charge is -2.42. The number of hydrogen-bond acceptors (Lipinski definition) is 4. The van der Waals surface area contributed by atoms with Crippen LogP contribution in [0.5, 0.6) is 0 Å². The minimum absolute atomic E-state index is 0.135. The first kappa shape index (κ1) is 16.2. The van der Waals surface area contributed by atoms with Crippen molar-refractivity contribution in [3.05, 3.63) is 21.3 Å². The van der Waals surface area contributed by atoms with Gasteiger partial charge in [0.05, 0.1) is 16.5 Å². The van der Waals surface area contributed by atoms with Gasteiger partial charge < -0.3 is 10.5 Å². The number of nitrogens with two attached hydrogens (primary N) is 1. The van der Waals surface area contributed by atoms with Crippen molar-refractivity contribution in [2.75, 3.05) is 20.2 Å². The van der Waals surface area contributed by atoms with Gasteiger partial charge in [0.25, 0.3) is 0 Å². The molecule has 0 aliphatic carbocycles. The van der Waals surface area contributed by atoms with E-state index in [-0.39, 0.29) is 12.1 Å². The van der Waals surface area contributed by atoms with Crippen molar-refractivity contribution in [3.63, 3.8) is 0 Å². The van der Waals surface area contributed by atoms with Crippen LogP contribution in [0.25, 0.3) is 0 Å². The van der Waals surface area contributed by atoms with Crippen molar-refractivity contribution in [1.29, 1.82) is 0 Å². The summed E-state index contributed by atoms with van der Waals surface area (Å²) in [5.74, 6) is 0.613. The maximum absolute atomic E-state index is 6.39. The standard InChI is InChI=1S/C15H25ClN2OS/c1-4-11(17)15(13-5-6-14(16)20-13)18-8-7-10(2)12(9-18)19-3/h5-6,10-12,15H,4,7-9,17H2,1-3H3. The van der Waals surface area contributed by atoms with E-state index in [4.69, 9.17) is 22.1 Å². The molecule has 2 N–H and O–H groups in total. The fourth-order valence-corrected chi connectivity index (χ4v) is 4.26. The Kier molecular flexibility index (Phi) is 5.87. The van der Waals surface area contributed by atoms with Crippen LogP contribution in [-0.4, -0.2) is 37.2 Å². The summed E-state index contributed by atoms with van der Waals surface area (Å²) < 4.78 is 6.47. The predicted octanol–water partition coefficient (Wildman–Crippen LogP) is 3.54. The maximum atomic E-state index is 6.39. The highest BCUT2D eigenvalue weighted by molar-refractivity contribution is 7.16. The Bertz CT molecular complexity index is 426. The van der Waals surface area contributed by atoms with Gasteiger partial charge in [-0.1, -0.05) is 25.4 Å². The number of halogens is 1. The van der Waals surface area contributed by atoms with Crippen LogP contribution in [0.3, 0.4) is 0 Å². The summed E-state index contributed by atoms with van der Waals surface area (Å²) in [7, 11) is 1.81. The Morgan fingerprint density at radius 1 is 1.55 bits per heavy atom. The summed E-state index contributed by atoms with van der Waals surface area (Å²) in [6.07, 6.45) is 2.42. The first-order chi connectivity index (χ1) is 9.56. The third-order valence-electron chi connectivity index (χ3n) is 4.38. The normalized spacial score (nSPS) is 27.4. The second-order valence-corrected chi connectivity index (χ2v) is 7.44. The molecule has 0 bridgehead atoms. The van der Waals surface area contributed by atoms with Crippen molar-refractivity contribution in [2.24, 2.45) is 11.7 Å². The molecule has 1 aliphatic heterocycles. The number of methoxy groups -OCH3 is 1. The van der Waals surface area contributed by atoms with Crippen LogP contribution in [0.1, 0.15) is 37.6 Å². The van der Waals surface area contributed by atoms with Gasteiger partial charge in [0, 0.05) is 24.6 Å². The molecule has 1 aromatic rings. The van der Waals surface area contributed by atoms with E-state index in [0.717, 1.165) is 30.3 Å². The third kappa shape index (κ3) is 3.55. The van der Waals surface area contributed by atoms with E-state index in [9.17, 15) is 0 Å². The minimum Gasteiger partial charge on any atom is -0.380 e. The number of nitrogens with zero attached hydrogens (tertiary/aromatic N) is 1. The molecule has 0 saturated carbocycles. The van der Waals surface area contributed by atoms with Crippen molar-refractivity contribution in [1.82, 2.24) is 4.90 Å². The Labute approximate surface area is 131 Å². The SMILES string of the molecule is CCC(N)C(c1ccc(Cl)s1)N1CCC(C)C(OC)C1. The molecule has 0 spiro atoms. The molecule has 0 radical (unpaired) electrons. The van der Waals surface area contributed by atoms with E-state index in [1.54, 1.807) is 18.4 Å². The third-order valence-corrected chi connectivity index (χ3v) is 5.68. The van der Waals surface area contributed by atoms with Crippen LogP contribution in [0.2, 0.25) is 4.34 Å². The molecule has 0 aromatic carbocycles. The number of thiophene rings is 1. The second kappa shape index (κ2) is 7.23.